The summed E-state index contributed by atoms with van der Waals surface area (Å²) in [4.78, 5) is 9.47. The average Bonchev–Trinajstić information content (AvgIpc) is 3.36. The van der Waals surface area contributed by atoms with E-state index in [0.717, 1.165) is 42.0 Å². The minimum absolute atomic E-state index is 0.0619. The highest BCUT2D eigenvalue weighted by atomic mass is 32.2. The summed E-state index contributed by atoms with van der Waals surface area (Å²) in [6.07, 6.45) is 2.96. The van der Waals surface area contributed by atoms with Gasteiger partial charge < -0.3 is 5.32 Å². The second-order valence-electron chi connectivity index (χ2n) is 7.24. The molecule has 0 amide bonds. The zero-order valence-corrected chi connectivity index (χ0v) is 21.1. The molecule has 34 heavy (non-hydrogen) atoms. The highest BCUT2D eigenvalue weighted by Gasteiger charge is 2.31. The molecule has 3 aromatic rings. The number of nitrogens with zero attached hydrogens (tertiary/aromatic N) is 2. The Labute approximate surface area is 203 Å². The van der Waals surface area contributed by atoms with Gasteiger partial charge in [0.15, 0.2) is 0 Å². The molecular formula is C26H31F4N3S. The number of hydrogen-bond donors (Lipinski definition) is 1. The van der Waals surface area contributed by atoms with Crippen LogP contribution in [0.4, 0.5) is 22.9 Å². The molecule has 0 bridgehead atoms. The minimum Gasteiger partial charge on any atom is -0.365 e. The first-order valence-electron chi connectivity index (χ1n) is 11.5. The topological polar surface area (TPSA) is 37.8 Å². The number of alkyl halides is 2. The number of fused-ring (bicyclic) bond motifs is 3. The van der Waals surface area contributed by atoms with Crippen molar-refractivity contribution in [1.82, 2.24) is 9.97 Å². The lowest BCUT2D eigenvalue weighted by atomic mass is 10.0. The number of aromatic nitrogens is 2. The summed E-state index contributed by atoms with van der Waals surface area (Å²) >= 11 is 0.190. The smallest absolute Gasteiger partial charge is 0.294 e. The van der Waals surface area contributed by atoms with Crippen molar-refractivity contribution in [3.05, 3.63) is 70.8 Å². The molecule has 8 heteroatoms. The van der Waals surface area contributed by atoms with Crippen molar-refractivity contribution in [2.24, 2.45) is 0 Å². The molecule has 1 aliphatic carbocycles. The number of benzene rings is 2. The number of anilines is 1. The Kier molecular flexibility index (Phi) is 9.91. The highest BCUT2D eigenvalue weighted by molar-refractivity contribution is 7.94. The average molecular weight is 494 g/mol. The van der Waals surface area contributed by atoms with E-state index in [0.29, 0.717) is 28.0 Å². The molecule has 0 aliphatic heterocycles. The molecule has 0 unspecified atom stereocenters. The minimum atomic E-state index is -3.47. The number of rotatable bonds is 6. The van der Waals surface area contributed by atoms with Crippen LogP contribution >= 0.6 is 12.1 Å². The molecule has 4 rings (SSSR count). The van der Waals surface area contributed by atoms with E-state index >= 15 is 0 Å². The first-order valence-corrected chi connectivity index (χ1v) is 12.2. The summed E-state index contributed by atoms with van der Waals surface area (Å²) in [5.41, 5.74) is 2.08. The van der Waals surface area contributed by atoms with Crippen LogP contribution in [0.2, 0.25) is 0 Å². The fourth-order valence-electron chi connectivity index (χ4n) is 3.91. The molecule has 184 valence electrons. The first kappa shape index (κ1) is 27.6. The van der Waals surface area contributed by atoms with Crippen molar-refractivity contribution in [3.8, 4) is 0 Å². The molecular weight excluding hydrogens is 462 g/mol. The van der Waals surface area contributed by atoms with E-state index in [2.05, 4.69) is 21.9 Å². The van der Waals surface area contributed by atoms with Gasteiger partial charge in [-0.3, -0.25) is 0 Å². The summed E-state index contributed by atoms with van der Waals surface area (Å²) in [5, 5.41) is 3.66. The first-order chi connectivity index (χ1) is 16.4. The summed E-state index contributed by atoms with van der Waals surface area (Å²) in [5.74, 6) is -3.52. The van der Waals surface area contributed by atoms with Gasteiger partial charge in [0.25, 0.3) is 5.92 Å². The van der Waals surface area contributed by atoms with Crippen molar-refractivity contribution in [2.45, 2.75) is 71.2 Å². The third kappa shape index (κ3) is 5.54. The molecule has 1 heterocycles. The van der Waals surface area contributed by atoms with Crippen molar-refractivity contribution in [2.75, 3.05) is 5.32 Å². The quantitative estimate of drug-likeness (QED) is 0.276. The molecule has 0 atom stereocenters. The maximum Gasteiger partial charge on any atom is 0.294 e. The van der Waals surface area contributed by atoms with Crippen LogP contribution in [0.5, 0.6) is 0 Å². The normalized spacial score (nSPS) is 12.3. The summed E-state index contributed by atoms with van der Waals surface area (Å²) < 4.78 is 56.1. The molecule has 0 saturated carbocycles. The fraction of sp³-hybridized carbons (Fsp3) is 0.385. The molecule has 3 nitrogen and oxygen atoms in total. The molecule has 2 aromatic carbocycles. The van der Waals surface area contributed by atoms with Gasteiger partial charge in [-0.05, 0) is 55.5 Å². The molecule has 0 saturated heterocycles. The van der Waals surface area contributed by atoms with Crippen molar-refractivity contribution in [1.29, 1.82) is 0 Å². The third-order valence-electron chi connectivity index (χ3n) is 5.36. The van der Waals surface area contributed by atoms with Crippen LogP contribution in [0.3, 0.4) is 0 Å². The zero-order chi connectivity index (χ0) is 25.5. The number of hydrogen-bond acceptors (Lipinski definition) is 4. The Morgan fingerprint density at radius 2 is 1.79 bits per heavy atom. The van der Waals surface area contributed by atoms with Gasteiger partial charge in [0.2, 0.25) is 0 Å². The maximum absolute atomic E-state index is 14.7. The Morgan fingerprint density at radius 1 is 1.12 bits per heavy atom. The van der Waals surface area contributed by atoms with E-state index in [-0.39, 0.29) is 24.3 Å². The summed E-state index contributed by atoms with van der Waals surface area (Å²) in [6, 6.07) is 5.55. The van der Waals surface area contributed by atoms with E-state index in [4.69, 9.17) is 0 Å². The van der Waals surface area contributed by atoms with Crippen LogP contribution in [0, 0.1) is 12.7 Å². The second-order valence-corrected chi connectivity index (χ2v) is 7.83. The maximum atomic E-state index is 14.7. The predicted octanol–water partition coefficient (Wildman–Crippen LogP) is 8.48. The van der Waals surface area contributed by atoms with Gasteiger partial charge in [0.1, 0.15) is 17.5 Å². The van der Waals surface area contributed by atoms with Crippen molar-refractivity contribution < 1.29 is 17.1 Å². The predicted molar refractivity (Wildman–Crippen MR) is 134 cm³/mol. The fourth-order valence-corrected chi connectivity index (χ4v) is 4.39. The lowest BCUT2D eigenvalue weighted by Crippen LogP contribution is -2.14. The Bertz CT molecular complexity index is 1150. The van der Waals surface area contributed by atoms with Crippen LogP contribution in [-0.2, 0) is 25.3 Å². The van der Waals surface area contributed by atoms with Gasteiger partial charge in [0, 0.05) is 22.4 Å². The number of nitrogens with one attached hydrogen (secondary N) is 1. The SMILES string of the molecule is C=CC(F)(F)c1cccc(CNc2nc(C)nc3c4c(c(SF)cc23)CCC4)c1F.CC.CC. The Morgan fingerprint density at radius 3 is 2.44 bits per heavy atom. The third-order valence-corrected chi connectivity index (χ3v) is 5.89. The van der Waals surface area contributed by atoms with Gasteiger partial charge in [-0.2, -0.15) is 12.7 Å². The van der Waals surface area contributed by atoms with Gasteiger partial charge in [-0.25, -0.2) is 14.4 Å². The van der Waals surface area contributed by atoms with E-state index in [9.17, 15) is 17.1 Å². The largest absolute Gasteiger partial charge is 0.365 e. The lowest BCUT2D eigenvalue weighted by molar-refractivity contribution is 0.0483. The molecule has 1 aromatic heterocycles. The van der Waals surface area contributed by atoms with E-state index in [1.165, 1.54) is 12.1 Å². The van der Waals surface area contributed by atoms with Gasteiger partial charge in [0.05, 0.1) is 23.2 Å². The highest BCUT2D eigenvalue weighted by Crippen LogP contribution is 2.39. The van der Waals surface area contributed by atoms with E-state index < -0.39 is 17.3 Å². The van der Waals surface area contributed by atoms with Crippen LogP contribution in [0.15, 0.2) is 41.8 Å². The number of halogens is 4. The van der Waals surface area contributed by atoms with Gasteiger partial charge in [-0.15, -0.1) is 0 Å². The van der Waals surface area contributed by atoms with Crippen LogP contribution in [0.1, 0.15) is 62.2 Å². The number of allylic oxidation sites excluding steroid dienone is 1. The van der Waals surface area contributed by atoms with E-state index in [1.807, 2.05) is 27.7 Å². The summed E-state index contributed by atoms with van der Waals surface area (Å²) in [6.45, 7) is 12.8. The standard InChI is InChI=1S/C22H19F4N3S.2C2H6/c1-3-22(24,25)17-9-4-6-13(19(17)23)11-27-21-16-10-18(30-26)14-7-5-8-15(14)20(16)28-12(2)29-21;2*1-2/h3-4,6,9-10H,1,5,7-8,11H2,2H3,(H,27,28,29);2*1-2H3. The molecule has 0 radical (unpaired) electrons. The summed E-state index contributed by atoms with van der Waals surface area (Å²) in [7, 11) is 0. The van der Waals surface area contributed by atoms with Crippen molar-refractivity contribution in [3.63, 3.8) is 0 Å². The molecule has 0 fully saturated rings. The van der Waals surface area contributed by atoms with Crippen LogP contribution in [-0.4, -0.2) is 9.97 Å². The Hall–Kier alpha value is -2.61. The van der Waals surface area contributed by atoms with Gasteiger partial charge >= 0.3 is 0 Å². The zero-order valence-electron chi connectivity index (χ0n) is 20.2. The monoisotopic (exact) mass is 493 g/mol. The van der Waals surface area contributed by atoms with E-state index in [1.54, 1.807) is 13.0 Å². The second kappa shape index (κ2) is 12.2. The lowest BCUT2D eigenvalue weighted by Gasteiger charge is -2.16. The van der Waals surface area contributed by atoms with Crippen molar-refractivity contribution >= 4 is 28.9 Å². The van der Waals surface area contributed by atoms with Crippen LogP contribution in [0.25, 0.3) is 10.9 Å². The molecule has 0 spiro atoms. The van der Waals surface area contributed by atoms with Crippen LogP contribution < -0.4 is 5.32 Å². The number of aryl methyl sites for hydroxylation is 2. The molecule has 1 N–H and O–H groups in total. The molecule has 1 aliphatic rings. The Balaban J connectivity index is 0.000000970. The van der Waals surface area contributed by atoms with Gasteiger partial charge in [-0.1, -0.05) is 46.4 Å².